The van der Waals surface area contributed by atoms with Crippen LogP contribution >= 0.6 is 12.6 Å². The maximum atomic E-state index is 10.6. The number of rotatable bonds is 4. The standard InChI is InChI=1S/C7H15NOS/c1-5(2)3-6(4-10)7(8)9/h5-6,10H,3-4H2,1-2H3,(H2,8,9)/t6-/m1/s1. The van der Waals surface area contributed by atoms with Gasteiger partial charge in [-0.1, -0.05) is 13.8 Å². The van der Waals surface area contributed by atoms with Gasteiger partial charge in [-0.2, -0.15) is 12.6 Å². The number of hydrogen-bond donors (Lipinski definition) is 2. The first-order chi connectivity index (χ1) is 4.57. The largest absolute Gasteiger partial charge is 0.369 e. The van der Waals surface area contributed by atoms with Crippen molar-refractivity contribution in [2.45, 2.75) is 20.3 Å². The van der Waals surface area contributed by atoms with Gasteiger partial charge in [-0.05, 0) is 12.3 Å². The fraction of sp³-hybridized carbons (Fsp3) is 0.857. The van der Waals surface area contributed by atoms with Gasteiger partial charge in [-0.25, -0.2) is 0 Å². The minimum Gasteiger partial charge on any atom is -0.369 e. The van der Waals surface area contributed by atoms with Gasteiger partial charge < -0.3 is 5.73 Å². The first-order valence-corrected chi connectivity index (χ1v) is 4.11. The second kappa shape index (κ2) is 4.61. The summed E-state index contributed by atoms with van der Waals surface area (Å²) in [4.78, 5) is 10.6. The van der Waals surface area contributed by atoms with Crippen molar-refractivity contribution in [1.29, 1.82) is 0 Å². The monoisotopic (exact) mass is 161 g/mol. The van der Waals surface area contributed by atoms with Crippen LogP contribution in [0.2, 0.25) is 0 Å². The van der Waals surface area contributed by atoms with Gasteiger partial charge in [-0.3, -0.25) is 4.79 Å². The van der Waals surface area contributed by atoms with E-state index in [0.717, 1.165) is 6.42 Å². The van der Waals surface area contributed by atoms with E-state index >= 15 is 0 Å². The molecule has 0 rings (SSSR count). The highest BCUT2D eigenvalue weighted by Crippen LogP contribution is 2.11. The summed E-state index contributed by atoms with van der Waals surface area (Å²) in [7, 11) is 0. The van der Waals surface area contributed by atoms with E-state index in [4.69, 9.17) is 5.73 Å². The van der Waals surface area contributed by atoms with Crippen LogP contribution in [-0.4, -0.2) is 11.7 Å². The van der Waals surface area contributed by atoms with Crippen LogP contribution in [0.25, 0.3) is 0 Å². The normalized spacial score (nSPS) is 13.6. The lowest BCUT2D eigenvalue weighted by atomic mass is 9.98. The Bertz CT molecular complexity index is 114. The molecule has 0 saturated carbocycles. The van der Waals surface area contributed by atoms with E-state index in [9.17, 15) is 4.79 Å². The lowest BCUT2D eigenvalue weighted by Gasteiger charge is -2.11. The molecular weight excluding hydrogens is 146 g/mol. The molecule has 10 heavy (non-hydrogen) atoms. The van der Waals surface area contributed by atoms with Crippen LogP contribution in [0.15, 0.2) is 0 Å². The average Bonchev–Trinajstić information content (AvgIpc) is 1.81. The van der Waals surface area contributed by atoms with E-state index in [2.05, 4.69) is 26.5 Å². The maximum absolute atomic E-state index is 10.6. The summed E-state index contributed by atoms with van der Waals surface area (Å²) < 4.78 is 0. The minimum absolute atomic E-state index is 0.0525. The number of carbonyl (C=O) groups is 1. The van der Waals surface area contributed by atoms with Crippen LogP contribution in [0, 0.1) is 11.8 Å². The maximum Gasteiger partial charge on any atom is 0.221 e. The molecule has 0 aliphatic carbocycles. The van der Waals surface area contributed by atoms with Crippen LogP contribution < -0.4 is 5.73 Å². The fourth-order valence-electron chi connectivity index (χ4n) is 0.850. The Morgan fingerprint density at radius 3 is 2.20 bits per heavy atom. The van der Waals surface area contributed by atoms with Crippen LogP contribution in [0.5, 0.6) is 0 Å². The molecule has 0 aromatic heterocycles. The third kappa shape index (κ3) is 3.77. The molecule has 0 aliphatic rings. The molecule has 0 aliphatic heterocycles. The molecule has 0 bridgehead atoms. The number of nitrogens with two attached hydrogens (primary N) is 1. The van der Waals surface area contributed by atoms with Gasteiger partial charge in [-0.15, -0.1) is 0 Å². The predicted octanol–water partition coefficient (Wildman–Crippen LogP) is 1.06. The third-order valence-electron chi connectivity index (χ3n) is 1.38. The molecule has 1 atom stereocenters. The molecule has 0 saturated heterocycles. The molecular formula is C7H15NOS. The zero-order valence-electron chi connectivity index (χ0n) is 6.50. The third-order valence-corrected chi connectivity index (χ3v) is 1.82. The Labute approximate surface area is 67.6 Å². The molecule has 2 N–H and O–H groups in total. The second-order valence-corrected chi connectivity index (χ2v) is 3.28. The lowest BCUT2D eigenvalue weighted by Crippen LogP contribution is -2.25. The van der Waals surface area contributed by atoms with Gasteiger partial charge in [0.05, 0.1) is 0 Å². The summed E-state index contributed by atoms with van der Waals surface area (Å²) in [5.74, 6) is 0.796. The van der Waals surface area contributed by atoms with E-state index in [1.807, 2.05) is 0 Å². The predicted molar refractivity (Wildman–Crippen MR) is 46.0 cm³/mol. The van der Waals surface area contributed by atoms with Gasteiger partial charge in [0.1, 0.15) is 0 Å². The van der Waals surface area contributed by atoms with Crippen molar-refractivity contribution in [3.8, 4) is 0 Å². The average molecular weight is 161 g/mol. The summed E-state index contributed by atoms with van der Waals surface area (Å²) >= 11 is 4.03. The molecule has 0 spiro atoms. The zero-order chi connectivity index (χ0) is 8.15. The lowest BCUT2D eigenvalue weighted by molar-refractivity contribution is -0.121. The smallest absolute Gasteiger partial charge is 0.221 e. The van der Waals surface area contributed by atoms with Crippen molar-refractivity contribution in [2.24, 2.45) is 17.6 Å². The van der Waals surface area contributed by atoms with Crippen LogP contribution in [0.3, 0.4) is 0 Å². The van der Waals surface area contributed by atoms with Crippen molar-refractivity contribution >= 4 is 18.5 Å². The fourth-order valence-corrected chi connectivity index (χ4v) is 1.18. The highest BCUT2D eigenvalue weighted by molar-refractivity contribution is 7.80. The second-order valence-electron chi connectivity index (χ2n) is 2.91. The molecule has 0 aromatic rings. The molecule has 0 unspecified atom stereocenters. The molecule has 0 radical (unpaired) electrons. The molecule has 0 heterocycles. The summed E-state index contributed by atoms with van der Waals surface area (Å²) in [6.07, 6.45) is 0.846. The molecule has 0 fully saturated rings. The number of thiol groups is 1. The number of amides is 1. The van der Waals surface area contributed by atoms with Gasteiger partial charge in [0.2, 0.25) is 5.91 Å². The van der Waals surface area contributed by atoms with E-state index in [-0.39, 0.29) is 11.8 Å². The molecule has 0 aromatic carbocycles. The highest BCUT2D eigenvalue weighted by atomic mass is 32.1. The van der Waals surface area contributed by atoms with Crippen molar-refractivity contribution in [2.75, 3.05) is 5.75 Å². The summed E-state index contributed by atoms with van der Waals surface area (Å²) in [5, 5.41) is 0. The first kappa shape index (κ1) is 9.82. The van der Waals surface area contributed by atoms with E-state index in [1.54, 1.807) is 0 Å². The first-order valence-electron chi connectivity index (χ1n) is 3.48. The highest BCUT2D eigenvalue weighted by Gasteiger charge is 2.14. The number of hydrogen-bond acceptors (Lipinski definition) is 2. The minimum atomic E-state index is -0.233. The molecule has 3 heteroatoms. The Morgan fingerprint density at radius 2 is 2.10 bits per heavy atom. The van der Waals surface area contributed by atoms with Gasteiger partial charge in [0.15, 0.2) is 0 Å². The topological polar surface area (TPSA) is 43.1 Å². The molecule has 1 amide bonds. The van der Waals surface area contributed by atoms with Crippen molar-refractivity contribution < 1.29 is 4.79 Å². The summed E-state index contributed by atoms with van der Waals surface area (Å²) in [6.45, 7) is 4.14. The number of carbonyl (C=O) groups excluding carboxylic acids is 1. The summed E-state index contributed by atoms with van der Waals surface area (Å²) in [5.41, 5.74) is 5.11. The Hall–Kier alpha value is -0.180. The molecule has 60 valence electrons. The Morgan fingerprint density at radius 1 is 1.60 bits per heavy atom. The van der Waals surface area contributed by atoms with Gasteiger partial charge in [0.25, 0.3) is 0 Å². The number of primary amides is 1. The summed E-state index contributed by atoms with van der Waals surface area (Å²) in [6, 6.07) is 0. The zero-order valence-corrected chi connectivity index (χ0v) is 7.40. The SMILES string of the molecule is CC(C)C[C@H](CS)C(N)=O. The Balaban J connectivity index is 3.72. The van der Waals surface area contributed by atoms with Crippen LogP contribution in [-0.2, 0) is 4.79 Å². The van der Waals surface area contributed by atoms with Gasteiger partial charge >= 0.3 is 0 Å². The van der Waals surface area contributed by atoms with E-state index < -0.39 is 0 Å². The van der Waals surface area contributed by atoms with E-state index in [1.165, 1.54) is 0 Å². The quantitative estimate of drug-likeness (QED) is 0.595. The molecule has 2 nitrogen and oxygen atoms in total. The van der Waals surface area contributed by atoms with Crippen molar-refractivity contribution in [1.82, 2.24) is 0 Å². The van der Waals surface area contributed by atoms with E-state index in [0.29, 0.717) is 11.7 Å². The van der Waals surface area contributed by atoms with Crippen LogP contribution in [0.4, 0.5) is 0 Å². The Kier molecular flexibility index (Phi) is 4.52. The van der Waals surface area contributed by atoms with Crippen LogP contribution in [0.1, 0.15) is 20.3 Å². The van der Waals surface area contributed by atoms with Crippen molar-refractivity contribution in [3.63, 3.8) is 0 Å². The van der Waals surface area contributed by atoms with Crippen molar-refractivity contribution in [3.05, 3.63) is 0 Å². The van der Waals surface area contributed by atoms with Gasteiger partial charge in [0, 0.05) is 11.7 Å².